The molecule has 3 heterocycles. The molecule has 0 aliphatic carbocycles. The van der Waals surface area contributed by atoms with E-state index in [2.05, 4.69) is 6.92 Å². The van der Waals surface area contributed by atoms with Crippen molar-refractivity contribution in [1.82, 2.24) is 9.21 Å². The van der Waals surface area contributed by atoms with Crippen molar-refractivity contribution in [2.45, 2.75) is 55.3 Å². The lowest BCUT2D eigenvalue weighted by atomic mass is 10.0. The van der Waals surface area contributed by atoms with Crippen molar-refractivity contribution in [3.05, 3.63) is 16.5 Å². The summed E-state index contributed by atoms with van der Waals surface area (Å²) in [6, 6.07) is 3.32. The highest BCUT2D eigenvalue weighted by Crippen LogP contribution is 2.32. The summed E-state index contributed by atoms with van der Waals surface area (Å²) in [5.41, 5.74) is 0. The van der Waals surface area contributed by atoms with Gasteiger partial charge in [-0.25, -0.2) is 13.2 Å². The average Bonchev–Trinajstić information content (AvgIpc) is 3.19. The van der Waals surface area contributed by atoms with Crippen LogP contribution < -0.4 is 0 Å². The average molecular weight is 407 g/mol. The Labute approximate surface area is 157 Å². The number of nitrogens with zero attached hydrogens (tertiary/aromatic N) is 2. The fourth-order valence-electron chi connectivity index (χ4n) is 3.51. The Balaban J connectivity index is 1.64. The Bertz CT molecular complexity index is 713. The summed E-state index contributed by atoms with van der Waals surface area (Å²) >= 11 is 6.94. The number of thiophene rings is 1. The Morgan fingerprint density at radius 1 is 1.32 bits per heavy atom. The molecule has 25 heavy (non-hydrogen) atoms. The number of ether oxygens (including phenoxy) is 1. The van der Waals surface area contributed by atoms with Gasteiger partial charge in [0.25, 0.3) is 10.0 Å². The van der Waals surface area contributed by atoms with Crippen molar-refractivity contribution in [3.8, 4) is 0 Å². The van der Waals surface area contributed by atoms with Gasteiger partial charge in [-0.3, -0.25) is 4.90 Å². The maximum Gasteiger partial charge on any atom is 0.410 e. The normalized spacial score (nSPS) is 23.2. The third kappa shape index (κ3) is 3.97. The first-order valence-corrected chi connectivity index (χ1v) is 11.3. The van der Waals surface area contributed by atoms with E-state index in [1.807, 2.05) is 4.90 Å². The van der Waals surface area contributed by atoms with Gasteiger partial charge in [-0.15, -0.1) is 11.3 Å². The Morgan fingerprint density at radius 2 is 2.04 bits per heavy atom. The van der Waals surface area contributed by atoms with Crippen LogP contribution in [0, 0.1) is 0 Å². The molecule has 2 fully saturated rings. The molecule has 2 aliphatic rings. The number of halogens is 1. The summed E-state index contributed by atoms with van der Waals surface area (Å²) in [5.74, 6) is 0. The van der Waals surface area contributed by atoms with Gasteiger partial charge in [0, 0.05) is 19.1 Å². The highest BCUT2D eigenvalue weighted by molar-refractivity contribution is 7.91. The third-order valence-electron chi connectivity index (χ3n) is 4.85. The number of cyclic esters (lactones) is 1. The van der Waals surface area contributed by atoms with Gasteiger partial charge < -0.3 is 4.74 Å². The minimum atomic E-state index is -3.50. The largest absolute Gasteiger partial charge is 0.447 e. The van der Waals surface area contributed by atoms with Crippen molar-refractivity contribution < 1.29 is 17.9 Å². The molecule has 2 saturated heterocycles. The van der Waals surface area contributed by atoms with Gasteiger partial charge in [0.05, 0.1) is 10.4 Å². The maximum atomic E-state index is 12.7. The van der Waals surface area contributed by atoms with E-state index in [0.717, 1.165) is 30.6 Å². The third-order valence-corrected chi connectivity index (χ3v) is 8.45. The molecule has 1 unspecified atom stereocenters. The molecule has 6 nitrogen and oxygen atoms in total. The van der Waals surface area contributed by atoms with Crippen molar-refractivity contribution in [2.24, 2.45) is 0 Å². The predicted octanol–water partition coefficient (Wildman–Crippen LogP) is 3.57. The molecule has 0 saturated carbocycles. The lowest BCUT2D eigenvalue weighted by Crippen LogP contribution is -2.49. The van der Waals surface area contributed by atoms with E-state index in [0.29, 0.717) is 36.9 Å². The Morgan fingerprint density at radius 3 is 2.64 bits per heavy atom. The lowest BCUT2D eigenvalue weighted by Gasteiger charge is -2.37. The highest BCUT2D eigenvalue weighted by Gasteiger charge is 2.40. The number of unbranched alkanes of at least 4 members (excludes halogenated alkanes) is 1. The van der Waals surface area contributed by atoms with Gasteiger partial charge in [-0.1, -0.05) is 31.4 Å². The number of carbonyl (C=O) groups is 1. The second-order valence-corrected chi connectivity index (χ2v) is 10.4. The van der Waals surface area contributed by atoms with Gasteiger partial charge in [0.1, 0.15) is 10.8 Å². The van der Waals surface area contributed by atoms with Crippen LogP contribution in [0.25, 0.3) is 0 Å². The molecule has 1 amide bonds. The number of piperidine rings is 1. The molecule has 2 aliphatic heterocycles. The van der Waals surface area contributed by atoms with Crippen LogP contribution in [0.4, 0.5) is 4.79 Å². The van der Waals surface area contributed by atoms with E-state index in [1.54, 1.807) is 12.1 Å². The number of hydrogen-bond donors (Lipinski definition) is 0. The van der Waals surface area contributed by atoms with E-state index < -0.39 is 10.0 Å². The van der Waals surface area contributed by atoms with E-state index in [-0.39, 0.29) is 22.4 Å². The smallest absolute Gasteiger partial charge is 0.410 e. The second-order valence-electron chi connectivity index (χ2n) is 6.47. The highest BCUT2D eigenvalue weighted by atomic mass is 35.5. The first-order chi connectivity index (χ1) is 11.9. The molecule has 9 heteroatoms. The van der Waals surface area contributed by atoms with Crippen LogP contribution in [0.5, 0.6) is 0 Å². The zero-order valence-electron chi connectivity index (χ0n) is 14.2. The second kappa shape index (κ2) is 7.82. The van der Waals surface area contributed by atoms with Crippen molar-refractivity contribution >= 4 is 39.1 Å². The van der Waals surface area contributed by atoms with Crippen LogP contribution >= 0.6 is 22.9 Å². The summed E-state index contributed by atoms with van der Waals surface area (Å²) in [7, 11) is -3.50. The summed E-state index contributed by atoms with van der Waals surface area (Å²) < 4.78 is 32.8. The van der Waals surface area contributed by atoms with Gasteiger partial charge >= 0.3 is 6.09 Å². The van der Waals surface area contributed by atoms with Crippen LogP contribution in [0.1, 0.15) is 39.0 Å². The molecule has 1 aromatic rings. The van der Waals surface area contributed by atoms with Crippen LogP contribution in [0.2, 0.25) is 4.34 Å². The summed E-state index contributed by atoms with van der Waals surface area (Å²) in [6.07, 6.45) is 4.09. The van der Waals surface area contributed by atoms with Gasteiger partial charge in [-0.05, 0) is 31.4 Å². The molecular formula is C16H23ClN2O4S2. The molecule has 0 bridgehead atoms. The summed E-state index contributed by atoms with van der Waals surface area (Å²) in [6.45, 7) is 3.40. The Hall–Kier alpha value is -0.830. The topological polar surface area (TPSA) is 66.9 Å². The number of sulfonamides is 1. The quantitative estimate of drug-likeness (QED) is 0.724. The zero-order valence-corrected chi connectivity index (χ0v) is 16.6. The molecule has 1 atom stereocenters. The van der Waals surface area contributed by atoms with Crippen LogP contribution in [0.3, 0.4) is 0 Å². The van der Waals surface area contributed by atoms with Crippen LogP contribution in [-0.2, 0) is 14.8 Å². The van der Waals surface area contributed by atoms with E-state index in [1.165, 1.54) is 4.31 Å². The van der Waals surface area contributed by atoms with Crippen LogP contribution in [0.15, 0.2) is 16.3 Å². The molecule has 0 spiro atoms. The van der Waals surface area contributed by atoms with Gasteiger partial charge in [0.2, 0.25) is 0 Å². The van der Waals surface area contributed by atoms with E-state index >= 15 is 0 Å². The SMILES string of the molecule is CCCCC1COC(=O)N1C1CCN(S(=O)(=O)c2ccc(Cl)s2)CC1. The minimum absolute atomic E-state index is 0.0511. The minimum Gasteiger partial charge on any atom is -0.447 e. The van der Waals surface area contributed by atoms with Gasteiger partial charge in [-0.2, -0.15) is 4.31 Å². The van der Waals surface area contributed by atoms with Gasteiger partial charge in [0.15, 0.2) is 0 Å². The standard InChI is InChI=1S/C16H23ClN2O4S2/c1-2-3-4-13-11-23-16(20)19(13)12-7-9-18(10-8-12)25(21,22)15-6-5-14(17)24-15/h5-6,12-13H,2-4,7-11H2,1H3. The molecule has 0 aromatic carbocycles. The first-order valence-electron chi connectivity index (χ1n) is 8.64. The number of carbonyl (C=O) groups excluding carboxylic acids is 1. The zero-order chi connectivity index (χ0) is 18.0. The van der Waals surface area contributed by atoms with Crippen molar-refractivity contribution in [3.63, 3.8) is 0 Å². The fraction of sp³-hybridized carbons (Fsp3) is 0.688. The predicted molar refractivity (Wildman–Crippen MR) is 97.6 cm³/mol. The lowest BCUT2D eigenvalue weighted by molar-refractivity contribution is 0.123. The monoisotopic (exact) mass is 406 g/mol. The number of rotatable bonds is 6. The fourth-order valence-corrected chi connectivity index (χ4v) is 6.61. The van der Waals surface area contributed by atoms with E-state index in [9.17, 15) is 13.2 Å². The van der Waals surface area contributed by atoms with Crippen molar-refractivity contribution in [2.75, 3.05) is 19.7 Å². The summed E-state index contributed by atoms with van der Waals surface area (Å²) in [4.78, 5) is 14.0. The van der Waals surface area contributed by atoms with E-state index in [4.69, 9.17) is 16.3 Å². The van der Waals surface area contributed by atoms with Crippen molar-refractivity contribution in [1.29, 1.82) is 0 Å². The molecular weight excluding hydrogens is 384 g/mol. The first kappa shape index (κ1) is 18.9. The number of hydrogen-bond acceptors (Lipinski definition) is 5. The number of amides is 1. The molecule has 1 aromatic heterocycles. The molecule has 0 radical (unpaired) electrons. The summed E-state index contributed by atoms with van der Waals surface area (Å²) in [5, 5.41) is 0. The maximum absolute atomic E-state index is 12.7. The molecule has 0 N–H and O–H groups in total. The Kier molecular flexibility index (Phi) is 5.92. The molecule has 3 rings (SSSR count). The molecule has 140 valence electrons. The van der Waals surface area contributed by atoms with Crippen LogP contribution in [-0.4, -0.2) is 55.5 Å².